The fourth-order valence-corrected chi connectivity index (χ4v) is 4.09. The zero-order valence-electron chi connectivity index (χ0n) is 18.9. The molecule has 0 saturated heterocycles. The van der Waals surface area contributed by atoms with Gasteiger partial charge in [0.05, 0.1) is 17.7 Å². The summed E-state index contributed by atoms with van der Waals surface area (Å²) in [7, 11) is 0. The Morgan fingerprint density at radius 2 is 1.79 bits per heavy atom. The Morgan fingerprint density at radius 3 is 2.47 bits per heavy atom. The van der Waals surface area contributed by atoms with Crippen LogP contribution in [0.4, 0.5) is 24.5 Å². The highest BCUT2D eigenvalue weighted by atomic mass is 32.2. The molecule has 0 unspecified atom stereocenters. The van der Waals surface area contributed by atoms with Gasteiger partial charge in [-0.1, -0.05) is 35.5 Å². The minimum atomic E-state index is -4.49. The minimum Gasteiger partial charge on any atom is -0.325 e. The van der Waals surface area contributed by atoms with Gasteiger partial charge in [-0.15, -0.1) is 10.2 Å². The van der Waals surface area contributed by atoms with Gasteiger partial charge in [-0.25, -0.2) is 0 Å². The van der Waals surface area contributed by atoms with Crippen LogP contribution in [0, 0.1) is 13.8 Å². The molecule has 0 radical (unpaired) electrons. The summed E-state index contributed by atoms with van der Waals surface area (Å²) in [6.07, 6.45) is -4.49. The maximum atomic E-state index is 12.8. The third kappa shape index (κ3) is 6.60. The van der Waals surface area contributed by atoms with Crippen molar-refractivity contribution in [2.75, 3.05) is 16.4 Å². The molecule has 0 aliphatic carbocycles. The highest BCUT2D eigenvalue weighted by molar-refractivity contribution is 7.99. The average molecular weight is 492 g/mol. The van der Waals surface area contributed by atoms with Crippen LogP contribution < -0.4 is 10.6 Å². The Bertz CT molecular complexity index is 1190. The lowest BCUT2D eigenvalue weighted by atomic mass is 10.1. The van der Waals surface area contributed by atoms with Gasteiger partial charge in [0.25, 0.3) is 0 Å². The summed E-state index contributed by atoms with van der Waals surface area (Å²) >= 11 is 1.09. The molecule has 0 bridgehead atoms. The van der Waals surface area contributed by atoms with Crippen LogP contribution in [0.2, 0.25) is 0 Å². The Hall–Kier alpha value is -3.34. The molecule has 0 fully saturated rings. The van der Waals surface area contributed by atoms with Gasteiger partial charge < -0.3 is 15.2 Å². The molecule has 2 N–H and O–H groups in total. The maximum absolute atomic E-state index is 12.8. The normalized spacial score (nSPS) is 11.4. The Kier molecular flexibility index (Phi) is 7.98. The zero-order valence-corrected chi connectivity index (χ0v) is 19.7. The van der Waals surface area contributed by atoms with E-state index in [9.17, 15) is 22.8 Å². The van der Waals surface area contributed by atoms with Crippen LogP contribution in [0.3, 0.4) is 0 Å². The molecule has 1 aromatic heterocycles. The number of rotatable bonds is 8. The SMILES string of the molecule is CCn1c(CC(=O)Nc2ccc(C)cc2C)nnc1SCC(=O)Nc1cccc(C(F)(F)F)c1. The number of nitrogens with one attached hydrogen (secondary N) is 2. The van der Waals surface area contributed by atoms with E-state index in [4.69, 9.17) is 0 Å². The smallest absolute Gasteiger partial charge is 0.325 e. The number of nitrogens with zero attached hydrogens (tertiary/aromatic N) is 3. The third-order valence-corrected chi connectivity index (χ3v) is 5.86. The highest BCUT2D eigenvalue weighted by Gasteiger charge is 2.30. The summed E-state index contributed by atoms with van der Waals surface area (Å²) in [6, 6.07) is 10.2. The Morgan fingerprint density at radius 1 is 1.03 bits per heavy atom. The summed E-state index contributed by atoms with van der Waals surface area (Å²) in [5.74, 6) is -0.356. The fourth-order valence-electron chi connectivity index (χ4n) is 3.27. The molecule has 0 spiro atoms. The molecular weight excluding hydrogens is 467 g/mol. The number of amides is 2. The van der Waals surface area contributed by atoms with Crippen molar-refractivity contribution < 1.29 is 22.8 Å². The van der Waals surface area contributed by atoms with Crippen molar-refractivity contribution in [3.8, 4) is 0 Å². The standard InChI is InChI=1S/C23H24F3N5O2S/c1-4-31-19(12-20(32)28-18-9-8-14(2)10-15(18)3)29-30-22(31)34-13-21(33)27-17-7-5-6-16(11-17)23(24,25)26/h5-11H,4,12-13H2,1-3H3,(H,27,33)(H,28,32). The Labute approximate surface area is 199 Å². The van der Waals surface area contributed by atoms with E-state index in [0.717, 1.165) is 40.7 Å². The number of aromatic nitrogens is 3. The van der Waals surface area contributed by atoms with Gasteiger partial charge in [0, 0.05) is 17.9 Å². The van der Waals surface area contributed by atoms with Crippen molar-refractivity contribution in [2.24, 2.45) is 0 Å². The van der Waals surface area contributed by atoms with E-state index in [0.29, 0.717) is 17.5 Å². The number of thioether (sulfide) groups is 1. The van der Waals surface area contributed by atoms with Crippen LogP contribution in [0.15, 0.2) is 47.6 Å². The largest absolute Gasteiger partial charge is 0.416 e. The highest BCUT2D eigenvalue weighted by Crippen LogP contribution is 2.30. The Balaban J connectivity index is 1.59. The van der Waals surface area contributed by atoms with Crippen LogP contribution in [0.5, 0.6) is 0 Å². The van der Waals surface area contributed by atoms with Gasteiger partial charge in [0.1, 0.15) is 5.82 Å². The van der Waals surface area contributed by atoms with E-state index >= 15 is 0 Å². The van der Waals surface area contributed by atoms with Crippen LogP contribution in [-0.2, 0) is 28.7 Å². The molecule has 11 heteroatoms. The lowest BCUT2D eigenvalue weighted by Gasteiger charge is -2.11. The number of aryl methyl sites for hydroxylation is 2. The maximum Gasteiger partial charge on any atom is 0.416 e. The van der Waals surface area contributed by atoms with Gasteiger partial charge in [-0.05, 0) is 50.6 Å². The quantitative estimate of drug-likeness (QED) is 0.440. The second kappa shape index (κ2) is 10.7. The lowest BCUT2D eigenvalue weighted by Crippen LogP contribution is -2.18. The first-order chi connectivity index (χ1) is 16.1. The first kappa shape index (κ1) is 25.3. The first-order valence-corrected chi connectivity index (χ1v) is 11.4. The molecule has 3 rings (SSSR count). The van der Waals surface area contributed by atoms with E-state index < -0.39 is 17.6 Å². The van der Waals surface area contributed by atoms with Crippen LogP contribution >= 0.6 is 11.8 Å². The summed E-state index contributed by atoms with van der Waals surface area (Å²) in [6.45, 7) is 6.23. The van der Waals surface area contributed by atoms with Crippen LogP contribution in [-0.4, -0.2) is 32.3 Å². The molecule has 7 nitrogen and oxygen atoms in total. The number of alkyl halides is 3. The monoisotopic (exact) mass is 491 g/mol. The summed E-state index contributed by atoms with van der Waals surface area (Å²) in [4.78, 5) is 24.8. The molecule has 34 heavy (non-hydrogen) atoms. The number of anilines is 2. The van der Waals surface area contributed by atoms with E-state index in [1.54, 1.807) is 4.57 Å². The van der Waals surface area contributed by atoms with E-state index in [1.165, 1.54) is 12.1 Å². The number of hydrogen-bond acceptors (Lipinski definition) is 5. The van der Waals surface area contributed by atoms with Crippen LogP contribution in [0.1, 0.15) is 29.4 Å². The van der Waals surface area contributed by atoms with Crippen LogP contribution in [0.25, 0.3) is 0 Å². The predicted octanol–water partition coefficient (Wildman–Crippen LogP) is 4.85. The number of benzene rings is 2. The first-order valence-electron chi connectivity index (χ1n) is 10.5. The third-order valence-electron chi connectivity index (χ3n) is 4.89. The zero-order chi connectivity index (χ0) is 24.9. The average Bonchev–Trinajstić information content (AvgIpc) is 3.15. The molecule has 2 amide bonds. The van der Waals surface area contributed by atoms with E-state index in [-0.39, 0.29) is 23.8 Å². The van der Waals surface area contributed by atoms with Crippen molar-refractivity contribution in [1.82, 2.24) is 14.8 Å². The second-order valence-corrected chi connectivity index (χ2v) is 8.54. The summed E-state index contributed by atoms with van der Waals surface area (Å²) in [5, 5.41) is 13.9. The van der Waals surface area contributed by atoms with Gasteiger partial charge in [-0.3, -0.25) is 9.59 Å². The number of hydrogen-bond donors (Lipinski definition) is 2. The van der Waals surface area contributed by atoms with Crippen molar-refractivity contribution in [3.63, 3.8) is 0 Å². The van der Waals surface area contributed by atoms with Gasteiger partial charge >= 0.3 is 6.18 Å². The molecule has 0 saturated carbocycles. The molecule has 180 valence electrons. The second-order valence-electron chi connectivity index (χ2n) is 7.60. The van der Waals surface area contributed by atoms with Gasteiger partial charge in [-0.2, -0.15) is 13.2 Å². The fraction of sp³-hybridized carbons (Fsp3) is 0.304. The van der Waals surface area contributed by atoms with Crippen molar-refractivity contribution in [3.05, 3.63) is 65.0 Å². The van der Waals surface area contributed by atoms with Crippen molar-refractivity contribution in [1.29, 1.82) is 0 Å². The van der Waals surface area contributed by atoms with Gasteiger partial charge in [0.15, 0.2) is 5.16 Å². The van der Waals surface area contributed by atoms with Crippen molar-refractivity contribution in [2.45, 2.75) is 45.1 Å². The molecule has 0 atom stereocenters. The number of carbonyl (C=O) groups excluding carboxylic acids is 2. The van der Waals surface area contributed by atoms with E-state index in [2.05, 4.69) is 20.8 Å². The number of carbonyl (C=O) groups is 2. The van der Waals surface area contributed by atoms with E-state index in [1.807, 2.05) is 39.0 Å². The van der Waals surface area contributed by atoms with Crippen molar-refractivity contribution >= 4 is 35.0 Å². The molecule has 1 heterocycles. The molecule has 0 aliphatic rings. The summed E-state index contributed by atoms with van der Waals surface area (Å²) < 4.78 is 40.3. The molecule has 2 aromatic carbocycles. The molecule has 3 aromatic rings. The lowest BCUT2D eigenvalue weighted by molar-refractivity contribution is -0.137. The molecule has 0 aliphatic heterocycles. The minimum absolute atomic E-state index is 0.00511. The summed E-state index contributed by atoms with van der Waals surface area (Å²) in [5.41, 5.74) is 1.99. The van der Waals surface area contributed by atoms with Gasteiger partial charge in [0.2, 0.25) is 11.8 Å². The predicted molar refractivity (Wildman–Crippen MR) is 125 cm³/mol. The topological polar surface area (TPSA) is 88.9 Å². The molecular formula is C23H24F3N5O2S. The number of halogens is 3.